The maximum atomic E-state index is 8.63. The van der Waals surface area contributed by atoms with Crippen molar-refractivity contribution in [3.63, 3.8) is 0 Å². The summed E-state index contributed by atoms with van der Waals surface area (Å²) in [5.74, 6) is 0.556. The second-order valence-corrected chi connectivity index (χ2v) is 3.33. The molecule has 1 aromatic heterocycles. The van der Waals surface area contributed by atoms with Gasteiger partial charge in [-0.3, -0.25) is 0 Å². The van der Waals surface area contributed by atoms with Crippen LogP contribution in [0.2, 0.25) is 5.28 Å². The summed E-state index contributed by atoms with van der Waals surface area (Å²) >= 11 is 5.58. The van der Waals surface area contributed by atoms with E-state index in [9.17, 15) is 0 Å². The van der Waals surface area contributed by atoms with Crippen LogP contribution in [-0.2, 0) is 0 Å². The molecule has 0 aromatic carbocycles. The van der Waals surface area contributed by atoms with E-state index in [1.807, 2.05) is 18.9 Å². The summed E-state index contributed by atoms with van der Waals surface area (Å²) in [6.07, 6.45) is 1.51. The van der Waals surface area contributed by atoms with Gasteiger partial charge in [-0.2, -0.15) is 15.3 Å². The molecule has 0 saturated carbocycles. The largest absolute Gasteiger partial charge is 0.357 e. The van der Waals surface area contributed by atoms with Crippen LogP contribution in [0.5, 0.6) is 0 Å². The van der Waals surface area contributed by atoms with E-state index in [0.717, 1.165) is 0 Å². The first-order chi connectivity index (χ1) is 6.63. The number of anilines is 1. The van der Waals surface area contributed by atoms with E-state index in [2.05, 4.69) is 21.3 Å². The molecule has 1 unspecified atom stereocenters. The molecule has 1 rings (SSSR count). The van der Waals surface area contributed by atoms with Gasteiger partial charge in [-0.25, -0.2) is 0 Å². The Hall–Kier alpha value is -1.41. The zero-order chi connectivity index (χ0) is 10.6. The molecule has 0 radical (unpaired) electrons. The molecule has 0 spiro atoms. The Bertz CT molecular complexity index is 348. The Kier molecular flexibility index (Phi) is 3.60. The van der Waals surface area contributed by atoms with E-state index in [4.69, 9.17) is 16.9 Å². The van der Waals surface area contributed by atoms with Gasteiger partial charge in [-0.05, 0) is 18.5 Å². The summed E-state index contributed by atoms with van der Waals surface area (Å²) in [4.78, 5) is 5.78. The molecule has 0 saturated heterocycles. The standard InChI is InChI=1S/C8H10ClN5/c1-6(3-10)5-14(2)7-4-11-13-8(9)12-7/h4,6H,5H2,1-2H3. The number of nitriles is 1. The van der Waals surface area contributed by atoms with Gasteiger partial charge >= 0.3 is 0 Å². The van der Waals surface area contributed by atoms with Gasteiger partial charge in [0.15, 0.2) is 5.82 Å². The molecule has 74 valence electrons. The van der Waals surface area contributed by atoms with E-state index in [0.29, 0.717) is 12.4 Å². The van der Waals surface area contributed by atoms with Crippen molar-refractivity contribution in [3.8, 4) is 6.07 Å². The number of nitrogens with zero attached hydrogens (tertiary/aromatic N) is 5. The third kappa shape index (κ3) is 2.82. The van der Waals surface area contributed by atoms with Gasteiger partial charge in [-0.15, -0.1) is 5.10 Å². The molecule has 6 heteroatoms. The van der Waals surface area contributed by atoms with Crippen LogP contribution in [-0.4, -0.2) is 28.8 Å². The minimum absolute atomic E-state index is 0.0614. The second-order valence-electron chi connectivity index (χ2n) is 2.99. The first kappa shape index (κ1) is 10.7. The molecule has 0 aliphatic rings. The third-order valence-electron chi connectivity index (χ3n) is 1.68. The molecule has 1 heterocycles. The van der Waals surface area contributed by atoms with Gasteiger partial charge in [-0.1, -0.05) is 0 Å². The number of hydrogen-bond acceptors (Lipinski definition) is 5. The average Bonchev–Trinajstić information content (AvgIpc) is 2.17. The van der Waals surface area contributed by atoms with Crippen LogP contribution in [0.4, 0.5) is 5.82 Å². The fourth-order valence-electron chi connectivity index (χ4n) is 1.00. The Morgan fingerprint density at radius 1 is 1.71 bits per heavy atom. The Balaban J connectivity index is 2.70. The SMILES string of the molecule is CC(C#N)CN(C)c1cnnc(Cl)n1. The van der Waals surface area contributed by atoms with Crippen LogP contribution >= 0.6 is 11.6 Å². The van der Waals surface area contributed by atoms with Crippen molar-refractivity contribution in [2.75, 3.05) is 18.5 Å². The van der Waals surface area contributed by atoms with Gasteiger partial charge in [0.2, 0.25) is 5.28 Å². The van der Waals surface area contributed by atoms with E-state index in [-0.39, 0.29) is 11.2 Å². The zero-order valence-electron chi connectivity index (χ0n) is 7.98. The van der Waals surface area contributed by atoms with Crippen LogP contribution in [0.25, 0.3) is 0 Å². The fraction of sp³-hybridized carbons (Fsp3) is 0.500. The molecule has 0 fully saturated rings. The molecule has 1 aromatic rings. The highest BCUT2D eigenvalue weighted by Gasteiger charge is 2.08. The van der Waals surface area contributed by atoms with Crippen LogP contribution in [0.15, 0.2) is 6.20 Å². The molecule has 0 aliphatic carbocycles. The van der Waals surface area contributed by atoms with E-state index >= 15 is 0 Å². The summed E-state index contributed by atoms with van der Waals surface area (Å²) in [5, 5.41) is 15.9. The molecule has 5 nitrogen and oxygen atoms in total. The highest BCUT2D eigenvalue weighted by atomic mass is 35.5. The van der Waals surface area contributed by atoms with Crippen molar-refractivity contribution in [2.45, 2.75) is 6.92 Å². The van der Waals surface area contributed by atoms with Crippen LogP contribution in [0.3, 0.4) is 0 Å². The smallest absolute Gasteiger partial charge is 0.244 e. The summed E-state index contributed by atoms with van der Waals surface area (Å²) in [5.41, 5.74) is 0. The molecule has 0 aliphatic heterocycles. The van der Waals surface area contributed by atoms with Gasteiger partial charge < -0.3 is 4.90 Å². The van der Waals surface area contributed by atoms with Gasteiger partial charge in [0, 0.05) is 13.6 Å². The quantitative estimate of drug-likeness (QED) is 0.750. The normalized spacial score (nSPS) is 11.9. The summed E-state index contributed by atoms with van der Waals surface area (Å²) in [6.45, 7) is 2.43. The molecule has 1 atom stereocenters. The monoisotopic (exact) mass is 211 g/mol. The van der Waals surface area contributed by atoms with Gasteiger partial charge in [0.25, 0.3) is 0 Å². The number of aromatic nitrogens is 3. The lowest BCUT2D eigenvalue weighted by molar-refractivity contribution is 0.706. The Morgan fingerprint density at radius 2 is 2.43 bits per heavy atom. The Morgan fingerprint density at radius 3 is 3.00 bits per heavy atom. The van der Waals surface area contributed by atoms with Crippen molar-refractivity contribution < 1.29 is 0 Å². The lowest BCUT2D eigenvalue weighted by Crippen LogP contribution is -2.24. The highest BCUT2D eigenvalue weighted by molar-refractivity contribution is 6.28. The number of hydrogen-bond donors (Lipinski definition) is 0. The maximum absolute atomic E-state index is 8.63. The predicted octanol–water partition coefficient (Wildman–Crippen LogP) is 1.12. The maximum Gasteiger partial charge on any atom is 0.244 e. The fourth-order valence-corrected chi connectivity index (χ4v) is 1.13. The first-order valence-corrected chi connectivity index (χ1v) is 4.47. The minimum atomic E-state index is -0.0614. The van der Waals surface area contributed by atoms with Crippen LogP contribution in [0, 0.1) is 17.2 Å². The van der Waals surface area contributed by atoms with Gasteiger partial charge in [0.1, 0.15) is 0 Å². The lowest BCUT2D eigenvalue weighted by atomic mass is 10.2. The summed E-state index contributed by atoms with van der Waals surface area (Å²) < 4.78 is 0. The van der Waals surface area contributed by atoms with E-state index in [1.165, 1.54) is 6.20 Å². The van der Waals surface area contributed by atoms with Crippen molar-refractivity contribution in [3.05, 3.63) is 11.5 Å². The van der Waals surface area contributed by atoms with Crippen molar-refractivity contribution in [1.29, 1.82) is 5.26 Å². The van der Waals surface area contributed by atoms with E-state index < -0.39 is 0 Å². The molecule has 0 bridgehead atoms. The molecule has 14 heavy (non-hydrogen) atoms. The first-order valence-electron chi connectivity index (χ1n) is 4.09. The zero-order valence-corrected chi connectivity index (χ0v) is 8.73. The van der Waals surface area contributed by atoms with Crippen molar-refractivity contribution >= 4 is 17.4 Å². The molecular formula is C8H10ClN5. The van der Waals surface area contributed by atoms with Crippen LogP contribution < -0.4 is 4.90 Å². The van der Waals surface area contributed by atoms with Crippen LogP contribution in [0.1, 0.15) is 6.92 Å². The molecular weight excluding hydrogens is 202 g/mol. The predicted molar refractivity (Wildman–Crippen MR) is 52.9 cm³/mol. The number of rotatable bonds is 3. The second kappa shape index (κ2) is 4.72. The van der Waals surface area contributed by atoms with E-state index in [1.54, 1.807) is 0 Å². The average molecular weight is 212 g/mol. The minimum Gasteiger partial charge on any atom is -0.357 e. The molecule has 0 N–H and O–H groups in total. The summed E-state index contributed by atoms with van der Waals surface area (Å²) in [6, 6.07) is 2.14. The lowest BCUT2D eigenvalue weighted by Gasteiger charge is -2.18. The molecule has 0 amide bonds. The van der Waals surface area contributed by atoms with Gasteiger partial charge in [0.05, 0.1) is 18.2 Å². The van der Waals surface area contributed by atoms with Crippen molar-refractivity contribution in [1.82, 2.24) is 15.2 Å². The highest BCUT2D eigenvalue weighted by Crippen LogP contribution is 2.10. The number of halogens is 1. The topological polar surface area (TPSA) is 65.7 Å². The Labute approximate surface area is 87.3 Å². The van der Waals surface area contributed by atoms with Crippen molar-refractivity contribution in [2.24, 2.45) is 5.92 Å². The summed E-state index contributed by atoms with van der Waals surface area (Å²) in [7, 11) is 1.83. The third-order valence-corrected chi connectivity index (χ3v) is 1.84.